The van der Waals surface area contributed by atoms with Gasteiger partial charge in [-0.2, -0.15) is 0 Å². The lowest BCUT2D eigenvalue weighted by atomic mass is 10.1. The largest absolute Gasteiger partial charge is 0.324 e. The zero-order chi connectivity index (χ0) is 20.8. The van der Waals surface area contributed by atoms with Crippen LogP contribution in [0.4, 0.5) is 5.69 Å². The zero-order valence-electron chi connectivity index (χ0n) is 16.8. The number of hydrogen-bond acceptors (Lipinski definition) is 5. The van der Waals surface area contributed by atoms with E-state index in [1.54, 1.807) is 24.3 Å². The summed E-state index contributed by atoms with van der Waals surface area (Å²) in [5.41, 5.74) is 2.19. The predicted molar refractivity (Wildman–Crippen MR) is 115 cm³/mol. The molecule has 0 unspecified atom stereocenters. The first-order valence-electron chi connectivity index (χ1n) is 9.53. The number of benzene rings is 2. The number of ketones is 1. The Morgan fingerprint density at radius 3 is 2.45 bits per heavy atom. The number of amides is 1. The minimum atomic E-state index is -0.394. The van der Waals surface area contributed by atoms with Crippen LogP contribution >= 0.6 is 11.8 Å². The number of anilines is 1. The normalized spacial score (nSPS) is 11.8. The van der Waals surface area contributed by atoms with Crippen LogP contribution in [-0.4, -0.2) is 31.7 Å². The molecule has 1 aromatic heterocycles. The van der Waals surface area contributed by atoms with Gasteiger partial charge in [0.05, 0.1) is 10.9 Å². The summed E-state index contributed by atoms with van der Waals surface area (Å²) >= 11 is 1.36. The molecule has 1 N–H and O–H groups in total. The van der Waals surface area contributed by atoms with Crippen LogP contribution in [0, 0.1) is 0 Å². The lowest BCUT2D eigenvalue weighted by Gasteiger charge is -2.14. The van der Waals surface area contributed by atoms with E-state index in [0.29, 0.717) is 22.8 Å². The van der Waals surface area contributed by atoms with Crippen molar-refractivity contribution in [3.63, 3.8) is 0 Å². The van der Waals surface area contributed by atoms with Crippen LogP contribution in [0.2, 0.25) is 0 Å². The summed E-state index contributed by atoms with van der Waals surface area (Å²) < 4.78 is 2.03. The van der Waals surface area contributed by atoms with E-state index in [9.17, 15) is 9.59 Å². The van der Waals surface area contributed by atoms with Crippen molar-refractivity contribution in [1.29, 1.82) is 0 Å². The fourth-order valence-corrected chi connectivity index (χ4v) is 3.91. The van der Waals surface area contributed by atoms with Gasteiger partial charge in [-0.3, -0.25) is 9.59 Å². The first-order chi connectivity index (χ1) is 14.0. The molecule has 3 aromatic rings. The highest BCUT2D eigenvalue weighted by atomic mass is 32.2. The smallest absolute Gasteiger partial charge is 0.237 e. The predicted octanol–water partition coefficient (Wildman–Crippen LogP) is 4.21. The number of hydrogen-bond donors (Lipinski definition) is 1. The number of carbonyl (C=O) groups excluding carboxylic acids is 2. The summed E-state index contributed by atoms with van der Waals surface area (Å²) in [6.07, 6.45) is 0.689. The second-order valence-corrected chi connectivity index (χ2v) is 7.96. The molecule has 0 radical (unpaired) electrons. The highest BCUT2D eigenvalue weighted by molar-refractivity contribution is 8.00. The zero-order valence-corrected chi connectivity index (χ0v) is 17.6. The summed E-state index contributed by atoms with van der Waals surface area (Å²) in [5, 5.41) is 11.8. The number of para-hydroxylation sites is 1. The second-order valence-electron chi connectivity index (χ2n) is 6.66. The molecule has 1 heterocycles. The minimum Gasteiger partial charge on any atom is -0.324 e. The van der Waals surface area contributed by atoms with Crippen LogP contribution in [-0.2, 0) is 17.8 Å². The van der Waals surface area contributed by atoms with E-state index in [1.165, 1.54) is 18.7 Å². The Morgan fingerprint density at radius 1 is 1.07 bits per heavy atom. The average Bonchev–Trinajstić information content (AvgIpc) is 3.09. The van der Waals surface area contributed by atoms with Gasteiger partial charge in [0.15, 0.2) is 10.9 Å². The summed E-state index contributed by atoms with van der Waals surface area (Å²) in [6, 6.07) is 17.1. The maximum absolute atomic E-state index is 12.7. The van der Waals surface area contributed by atoms with Gasteiger partial charge in [-0.15, -0.1) is 10.2 Å². The molecule has 150 valence electrons. The van der Waals surface area contributed by atoms with Crippen molar-refractivity contribution in [2.75, 3.05) is 5.32 Å². The van der Waals surface area contributed by atoms with Crippen LogP contribution in [0.5, 0.6) is 0 Å². The molecule has 0 saturated heterocycles. The van der Waals surface area contributed by atoms with E-state index >= 15 is 0 Å². The SMILES string of the molecule is CCn1c(Cc2ccccc2)nnc1S[C@H](C)C(=O)Nc1ccccc1C(C)=O. The molecular formula is C22H24N4O2S. The summed E-state index contributed by atoms with van der Waals surface area (Å²) in [4.78, 5) is 24.5. The molecule has 3 rings (SSSR count). The van der Waals surface area contributed by atoms with E-state index in [2.05, 4.69) is 27.6 Å². The fourth-order valence-electron chi connectivity index (χ4n) is 2.98. The van der Waals surface area contributed by atoms with Gasteiger partial charge in [-0.1, -0.05) is 54.2 Å². The molecule has 6 nitrogen and oxygen atoms in total. The number of nitrogens with zero attached hydrogens (tertiary/aromatic N) is 3. The first-order valence-corrected chi connectivity index (χ1v) is 10.4. The molecule has 7 heteroatoms. The number of rotatable bonds is 8. The van der Waals surface area contributed by atoms with Gasteiger partial charge in [-0.25, -0.2) is 0 Å². The molecule has 0 spiro atoms. The van der Waals surface area contributed by atoms with Crippen LogP contribution < -0.4 is 5.32 Å². The van der Waals surface area contributed by atoms with Crippen LogP contribution in [0.1, 0.15) is 42.5 Å². The molecule has 1 amide bonds. The summed E-state index contributed by atoms with van der Waals surface area (Å²) in [5.74, 6) is 0.604. The van der Waals surface area contributed by atoms with Crippen LogP contribution in [0.15, 0.2) is 59.8 Å². The Labute approximate surface area is 174 Å². The maximum Gasteiger partial charge on any atom is 0.237 e. The van der Waals surface area contributed by atoms with Gasteiger partial charge in [0.1, 0.15) is 5.82 Å². The quantitative estimate of drug-likeness (QED) is 0.446. The highest BCUT2D eigenvalue weighted by Gasteiger charge is 2.21. The number of carbonyl (C=O) groups is 2. The third-order valence-corrected chi connectivity index (χ3v) is 5.61. The van der Waals surface area contributed by atoms with Crippen molar-refractivity contribution in [3.8, 4) is 0 Å². The average molecular weight is 409 g/mol. The Balaban J connectivity index is 1.71. The van der Waals surface area contributed by atoms with Crippen molar-refractivity contribution in [1.82, 2.24) is 14.8 Å². The molecule has 1 atom stereocenters. The van der Waals surface area contributed by atoms with E-state index in [4.69, 9.17) is 0 Å². The van der Waals surface area contributed by atoms with Crippen molar-refractivity contribution in [2.24, 2.45) is 0 Å². The molecule has 0 bridgehead atoms. The van der Waals surface area contributed by atoms with Crippen molar-refractivity contribution >= 4 is 29.1 Å². The van der Waals surface area contributed by atoms with Crippen molar-refractivity contribution in [2.45, 2.75) is 44.1 Å². The lowest BCUT2D eigenvalue weighted by molar-refractivity contribution is -0.115. The van der Waals surface area contributed by atoms with Crippen LogP contribution in [0.25, 0.3) is 0 Å². The molecule has 0 aliphatic carbocycles. The first kappa shape index (κ1) is 20.8. The standard InChI is InChI=1S/C22H24N4O2S/c1-4-26-20(14-17-10-6-5-7-11-17)24-25-22(26)29-16(3)21(28)23-19-13-9-8-12-18(19)15(2)27/h5-13,16H,4,14H2,1-3H3,(H,23,28)/t16-/m1/s1. The third kappa shape index (κ3) is 5.12. The molecular weight excluding hydrogens is 384 g/mol. The molecule has 0 aliphatic heterocycles. The Bertz CT molecular complexity index is 1000. The lowest BCUT2D eigenvalue weighted by Crippen LogP contribution is -2.24. The Kier molecular flexibility index (Phi) is 6.82. The molecule has 2 aromatic carbocycles. The van der Waals surface area contributed by atoms with E-state index < -0.39 is 5.25 Å². The molecule has 0 fully saturated rings. The minimum absolute atomic E-state index is 0.0857. The van der Waals surface area contributed by atoms with Crippen molar-refractivity contribution in [3.05, 3.63) is 71.5 Å². The van der Waals surface area contributed by atoms with E-state index in [0.717, 1.165) is 17.9 Å². The number of Topliss-reactive ketones (excluding diaryl/α,β-unsaturated/α-hetero) is 1. The third-order valence-electron chi connectivity index (χ3n) is 4.53. The van der Waals surface area contributed by atoms with Gasteiger partial charge in [0.2, 0.25) is 5.91 Å². The van der Waals surface area contributed by atoms with Gasteiger partial charge in [0.25, 0.3) is 0 Å². The Morgan fingerprint density at radius 2 is 1.76 bits per heavy atom. The number of thioether (sulfide) groups is 1. The molecule has 29 heavy (non-hydrogen) atoms. The summed E-state index contributed by atoms with van der Waals surface area (Å²) in [7, 11) is 0. The Hall–Kier alpha value is -2.93. The topological polar surface area (TPSA) is 76.9 Å². The number of nitrogens with one attached hydrogen (secondary N) is 1. The van der Waals surface area contributed by atoms with Gasteiger partial charge < -0.3 is 9.88 Å². The second kappa shape index (κ2) is 9.52. The van der Waals surface area contributed by atoms with Crippen molar-refractivity contribution < 1.29 is 9.59 Å². The maximum atomic E-state index is 12.7. The van der Waals surface area contributed by atoms with Gasteiger partial charge in [-0.05, 0) is 38.5 Å². The van der Waals surface area contributed by atoms with E-state index in [1.807, 2.05) is 36.6 Å². The summed E-state index contributed by atoms with van der Waals surface area (Å²) in [6.45, 7) is 6.07. The molecule has 0 saturated carbocycles. The molecule has 0 aliphatic rings. The highest BCUT2D eigenvalue weighted by Crippen LogP contribution is 2.25. The van der Waals surface area contributed by atoms with E-state index in [-0.39, 0.29) is 11.7 Å². The van der Waals surface area contributed by atoms with Gasteiger partial charge >= 0.3 is 0 Å². The van der Waals surface area contributed by atoms with Crippen LogP contribution in [0.3, 0.4) is 0 Å². The van der Waals surface area contributed by atoms with Gasteiger partial charge in [0, 0.05) is 18.5 Å². The number of aromatic nitrogens is 3. The monoisotopic (exact) mass is 408 g/mol. The fraction of sp³-hybridized carbons (Fsp3) is 0.273.